The van der Waals surface area contributed by atoms with Crippen LogP contribution in [0.4, 0.5) is 0 Å². The average molecular weight is 211 g/mol. The van der Waals surface area contributed by atoms with Crippen LogP contribution in [0, 0.1) is 0 Å². The van der Waals surface area contributed by atoms with Crippen molar-refractivity contribution < 1.29 is 4.74 Å². The molecule has 0 aliphatic carbocycles. The average Bonchev–Trinajstić information content (AvgIpc) is 2.70. The number of imidazole rings is 1. The molecule has 86 valence electrons. The van der Waals surface area contributed by atoms with Gasteiger partial charge in [0.15, 0.2) is 0 Å². The van der Waals surface area contributed by atoms with Crippen molar-refractivity contribution in [1.29, 1.82) is 0 Å². The number of nitrogens with zero attached hydrogens (tertiary/aromatic N) is 2. The second kappa shape index (κ2) is 7.43. The fourth-order valence-corrected chi connectivity index (χ4v) is 1.52. The van der Waals surface area contributed by atoms with Crippen LogP contribution in [-0.2, 0) is 17.7 Å². The van der Waals surface area contributed by atoms with E-state index < -0.39 is 0 Å². The van der Waals surface area contributed by atoms with Crippen molar-refractivity contribution in [2.75, 3.05) is 26.8 Å². The first-order valence-electron chi connectivity index (χ1n) is 5.58. The van der Waals surface area contributed by atoms with Gasteiger partial charge in [-0.05, 0) is 13.0 Å². The Morgan fingerprint density at radius 2 is 2.33 bits per heavy atom. The predicted molar refractivity (Wildman–Crippen MR) is 61.0 cm³/mol. The van der Waals surface area contributed by atoms with E-state index in [1.165, 1.54) is 0 Å². The summed E-state index contributed by atoms with van der Waals surface area (Å²) in [6.45, 7) is 5.97. The van der Waals surface area contributed by atoms with Crippen LogP contribution in [0.3, 0.4) is 0 Å². The highest BCUT2D eigenvalue weighted by Gasteiger charge is 1.98. The number of hydrogen-bond acceptors (Lipinski definition) is 3. The third kappa shape index (κ3) is 4.44. The SMILES string of the molecule is CCc1nccn1CCNCCCOC. The summed E-state index contributed by atoms with van der Waals surface area (Å²) in [5, 5.41) is 3.38. The molecule has 0 fully saturated rings. The highest BCUT2D eigenvalue weighted by Crippen LogP contribution is 1.97. The van der Waals surface area contributed by atoms with Gasteiger partial charge in [0.05, 0.1) is 0 Å². The van der Waals surface area contributed by atoms with Crippen LogP contribution in [0.25, 0.3) is 0 Å². The zero-order valence-corrected chi connectivity index (χ0v) is 9.70. The Balaban J connectivity index is 2.09. The molecule has 1 rings (SSSR count). The van der Waals surface area contributed by atoms with Crippen LogP contribution in [0.2, 0.25) is 0 Å². The number of ether oxygens (including phenoxy) is 1. The number of methoxy groups -OCH3 is 1. The topological polar surface area (TPSA) is 39.1 Å². The zero-order chi connectivity index (χ0) is 10.9. The minimum absolute atomic E-state index is 0.832. The van der Waals surface area contributed by atoms with Gasteiger partial charge in [-0.2, -0.15) is 0 Å². The van der Waals surface area contributed by atoms with Gasteiger partial charge in [0.2, 0.25) is 0 Å². The molecule has 1 aromatic rings. The number of aryl methyl sites for hydroxylation is 1. The van der Waals surface area contributed by atoms with Crippen molar-refractivity contribution in [3.05, 3.63) is 18.2 Å². The van der Waals surface area contributed by atoms with Crippen LogP contribution >= 0.6 is 0 Å². The molecule has 15 heavy (non-hydrogen) atoms. The third-order valence-electron chi connectivity index (χ3n) is 2.35. The van der Waals surface area contributed by atoms with Crippen LogP contribution in [0.1, 0.15) is 19.2 Å². The number of rotatable bonds is 8. The van der Waals surface area contributed by atoms with Crippen molar-refractivity contribution in [2.45, 2.75) is 26.3 Å². The van der Waals surface area contributed by atoms with Crippen LogP contribution in [-0.4, -0.2) is 36.4 Å². The summed E-state index contributed by atoms with van der Waals surface area (Å²) in [5.41, 5.74) is 0. The molecule has 0 atom stereocenters. The molecular formula is C11H21N3O. The maximum Gasteiger partial charge on any atom is 0.108 e. The van der Waals surface area contributed by atoms with Crippen LogP contribution in [0.5, 0.6) is 0 Å². The number of hydrogen-bond donors (Lipinski definition) is 1. The Labute approximate surface area is 91.7 Å². The van der Waals surface area contributed by atoms with Gasteiger partial charge in [0.25, 0.3) is 0 Å². The molecule has 4 heteroatoms. The normalized spacial score (nSPS) is 10.8. The zero-order valence-electron chi connectivity index (χ0n) is 9.70. The van der Waals surface area contributed by atoms with E-state index in [-0.39, 0.29) is 0 Å². The van der Waals surface area contributed by atoms with Crippen molar-refractivity contribution in [3.63, 3.8) is 0 Å². The Morgan fingerprint density at radius 1 is 1.47 bits per heavy atom. The molecular weight excluding hydrogens is 190 g/mol. The lowest BCUT2D eigenvalue weighted by Gasteiger charge is -2.07. The van der Waals surface area contributed by atoms with Gasteiger partial charge in [-0.3, -0.25) is 0 Å². The molecule has 0 saturated heterocycles. The van der Waals surface area contributed by atoms with Gasteiger partial charge in [0.1, 0.15) is 5.82 Å². The van der Waals surface area contributed by atoms with Crippen LogP contribution in [0.15, 0.2) is 12.4 Å². The van der Waals surface area contributed by atoms with Crippen LogP contribution < -0.4 is 5.32 Å². The minimum Gasteiger partial charge on any atom is -0.385 e. The Hall–Kier alpha value is -0.870. The van der Waals surface area contributed by atoms with Gasteiger partial charge >= 0.3 is 0 Å². The van der Waals surface area contributed by atoms with Crippen molar-refractivity contribution in [3.8, 4) is 0 Å². The first-order valence-corrected chi connectivity index (χ1v) is 5.58. The summed E-state index contributed by atoms with van der Waals surface area (Å²) < 4.78 is 7.17. The van der Waals surface area contributed by atoms with E-state index in [9.17, 15) is 0 Å². The Kier molecular flexibility index (Phi) is 6.04. The molecule has 0 bridgehead atoms. The Bertz CT molecular complexity index is 260. The van der Waals surface area contributed by atoms with E-state index in [1.54, 1.807) is 7.11 Å². The van der Waals surface area contributed by atoms with E-state index in [0.29, 0.717) is 0 Å². The van der Waals surface area contributed by atoms with Crippen molar-refractivity contribution in [2.24, 2.45) is 0 Å². The minimum atomic E-state index is 0.832. The first kappa shape index (κ1) is 12.2. The highest BCUT2D eigenvalue weighted by molar-refractivity contribution is 4.91. The smallest absolute Gasteiger partial charge is 0.108 e. The van der Waals surface area contributed by atoms with Crippen molar-refractivity contribution >= 4 is 0 Å². The van der Waals surface area contributed by atoms with E-state index in [2.05, 4.69) is 21.8 Å². The second-order valence-electron chi connectivity index (χ2n) is 3.49. The largest absolute Gasteiger partial charge is 0.385 e. The number of nitrogens with one attached hydrogen (secondary N) is 1. The molecule has 1 heterocycles. The molecule has 0 aliphatic heterocycles. The lowest BCUT2D eigenvalue weighted by molar-refractivity contribution is 0.194. The summed E-state index contributed by atoms with van der Waals surface area (Å²) >= 11 is 0. The molecule has 0 aliphatic rings. The first-order chi connectivity index (χ1) is 7.38. The molecule has 1 aromatic heterocycles. The maximum atomic E-state index is 4.98. The fraction of sp³-hybridized carbons (Fsp3) is 0.727. The van der Waals surface area contributed by atoms with Gasteiger partial charge in [0, 0.05) is 45.6 Å². The molecule has 1 N–H and O–H groups in total. The molecule has 0 radical (unpaired) electrons. The molecule has 0 spiro atoms. The quantitative estimate of drug-likeness (QED) is 0.654. The summed E-state index contributed by atoms with van der Waals surface area (Å²) in [4.78, 5) is 4.28. The number of aromatic nitrogens is 2. The monoisotopic (exact) mass is 211 g/mol. The maximum absolute atomic E-state index is 4.98. The summed E-state index contributed by atoms with van der Waals surface area (Å²) in [6, 6.07) is 0. The van der Waals surface area contributed by atoms with Gasteiger partial charge in [-0.25, -0.2) is 4.98 Å². The molecule has 0 amide bonds. The summed E-state index contributed by atoms with van der Waals surface area (Å²) in [6.07, 6.45) is 5.97. The lowest BCUT2D eigenvalue weighted by Crippen LogP contribution is -2.22. The van der Waals surface area contributed by atoms with E-state index in [4.69, 9.17) is 4.74 Å². The van der Waals surface area contributed by atoms with Crippen molar-refractivity contribution in [1.82, 2.24) is 14.9 Å². The summed E-state index contributed by atoms with van der Waals surface area (Å²) in [7, 11) is 1.74. The second-order valence-corrected chi connectivity index (χ2v) is 3.49. The van der Waals surface area contributed by atoms with Gasteiger partial charge in [-0.15, -0.1) is 0 Å². The summed E-state index contributed by atoms with van der Waals surface area (Å²) in [5.74, 6) is 1.16. The van der Waals surface area contributed by atoms with E-state index in [1.807, 2.05) is 12.4 Å². The highest BCUT2D eigenvalue weighted by atomic mass is 16.5. The molecule has 0 unspecified atom stereocenters. The van der Waals surface area contributed by atoms with E-state index in [0.717, 1.165) is 44.9 Å². The fourth-order valence-electron chi connectivity index (χ4n) is 1.52. The molecule has 0 saturated carbocycles. The standard InChI is InChI=1S/C11H21N3O/c1-3-11-13-7-9-14(11)8-6-12-5-4-10-15-2/h7,9,12H,3-6,8,10H2,1-2H3. The molecule has 0 aromatic carbocycles. The molecule has 4 nitrogen and oxygen atoms in total. The third-order valence-corrected chi connectivity index (χ3v) is 2.35. The van der Waals surface area contributed by atoms with Gasteiger partial charge in [-0.1, -0.05) is 6.92 Å². The van der Waals surface area contributed by atoms with Gasteiger partial charge < -0.3 is 14.6 Å². The van der Waals surface area contributed by atoms with E-state index >= 15 is 0 Å². The Morgan fingerprint density at radius 3 is 3.07 bits per heavy atom. The predicted octanol–water partition coefficient (Wildman–Crippen LogP) is 1.07. The lowest BCUT2D eigenvalue weighted by atomic mass is 10.4.